The second-order valence-corrected chi connectivity index (χ2v) is 4.80. The second-order valence-electron chi connectivity index (χ2n) is 4.80. The van der Waals surface area contributed by atoms with Gasteiger partial charge in [-0.05, 0) is 13.0 Å². The van der Waals surface area contributed by atoms with Crippen LogP contribution in [0, 0.1) is 6.92 Å². The number of imidazole rings is 1. The summed E-state index contributed by atoms with van der Waals surface area (Å²) >= 11 is 0. The molecule has 3 rings (SSSR count). The molecule has 0 spiro atoms. The fourth-order valence-corrected chi connectivity index (χ4v) is 2.29. The predicted octanol–water partition coefficient (Wildman–Crippen LogP) is 2.04. The van der Waals surface area contributed by atoms with Gasteiger partial charge in [-0.1, -0.05) is 0 Å². The van der Waals surface area contributed by atoms with Crippen LogP contribution >= 0.6 is 0 Å². The monoisotopic (exact) mass is 283 g/mol. The number of nitrogens with zero attached hydrogens (tertiary/aromatic N) is 4. The number of hydrogen-bond acceptors (Lipinski definition) is 4. The summed E-state index contributed by atoms with van der Waals surface area (Å²) in [6.07, 6.45) is -0.317. The van der Waals surface area contributed by atoms with E-state index in [-0.39, 0.29) is 17.7 Å². The normalized spacial score (nSPS) is 18.1. The zero-order valence-electron chi connectivity index (χ0n) is 10.6. The number of aromatic nitrogens is 4. The van der Waals surface area contributed by atoms with E-state index in [0.29, 0.717) is 13.0 Å². The van der Waals surface area contributed by atoms with Gasteiger partial charge in [-0.3, -0.25) is 0 Å². The molecule has 1 unspecified atom stereocenters. The molecule has 3 heterocycles. The van der Waals surface area contributed by atoms with Crippen LogP contribution in [0.3, 0.4) is 0 Å². The van der Waals surface area contributed by atoms with E-state index in [9.17, 15) is 13.2 Å². The first-order valence-electron chi connectivity index (χ1n) is 6.10. The SMILES string of the molecule is Cc1cc(C(F)(F)F)nc(NC2Cc3cncn3C2)n1. The number of aryl methyl sites for hydroxylation is 1. The third-order valence-corrected chi connectivity index (χ3v) is 3.15. The van der Waals surface area contributed by atoms with E-state index in [0.717, 1.165) is 11.8 Å². The Morgan fingerprint density at radius 3 is 2.85 bits per heavy atom. The van der Waals surface area contributed by atoms with E-state index in [4.69, 9.17) is 0 Å². The maximum absolute atomic E-state index is 12.7. The van der Waals surface area contributed by atoms with E-state index < -0.39 is 11.9 Å². The quantitative estimate of drug-likeness (QED) is 0.916. The lowest BCUT2D eigenvalue weighted by Crippen LogP contribution is -2.23. The molecule has 5 nitrogen and oxygen atoms in total. The molecule has 106 valence electrons. The molecule has 20 heavy (non-hydrogen) atoms. The van der Waals surface area contributed by atoms with Crippen molar-refractivity contribution in [1.29, 1.82) is 0 Å². The summed E-state index contributed by atoms with van der Waals surface area (Å²) < 4.78 is 40.0. The minimum absolute atomic E-state index is 0.0148. The Kier molecular flexibility index (Phi) is 2.88. The molecule has 2 aromatic heterocycles. The maximum atomic E-state index is 12.7. The van der Waals surface area contributed by atoms with Crippen molar-refractivity contribution in [2.45, 2.75) is 32.1 Å². The molecule has 1 aliphatic heterocycles. The van der Waals surface area contributed by atoms with Crippen molar-refractivity contribution < 1.29 is 13.2 Å². The highest BCUT2D eigenvalue weighted by Gasteiger charge is 2.33. The first kappa shape index (κ1) is 12.9. The molecule has 0 fully saturated rings. The predicted molar refractivity (Wildman–Crippen MR) is 65.1 cm³/mol. The molecule has 0 aromatic carbocycles. The van der Waals surface area contributed by atoms with E-state index in [2.05, 4.69) is 20.3 Å². The summed E-state index contributed by atoms with van der Waals surface area (Å²) in [5.41, 5.74) is 0.409. The summed E-state index contributed by atoms with van der Waals surface area (Å²) in [6.45, 7) is 2.16. The summed E-state index contributed by atoms with van der Waals surface area (Å²) in [6, 6.07) is 0.920. The highest BCUT2D eigenvalue weighted by molar-refractivity contribution is 5.31. The van der Waals surface area contributed by atoms with Gasteiger partial charge in [0.15, 0.2) is 0 Å². The Morgan fingerprint density at radius 2 is 2.15 bits per heavy atom. The molecule has 0 amide bonds. The molecule has 0 radical (unpaired) electrons. The van der Waals surface area contributed by atoms with Crippen LogP contribution in [-0.2, 0) is 19.1 Å². The molecule has 2 aromatic rings. The average molecular weight is 283 g/mol. The minimum Gasteiger partial charge on any atom is -0.349 e. The number of hydrogen-bond donors (Lipinski definition) is 1. The van der Waals surface area contributed by atoms with Crippen molar-refractivity contribution in [3.8, 4) is 0 Å². The number of halogens is 3. The van der Waals surface area contributed by atoms with Gasteiger partial charge >= 0.3 is 6.18 Å². The molecular weight excluding hydrogens is 271 g/mol. The standard InChI is InChI=1S/C12H12F3N5/c1-7-2-10(12(13,14)15)19-11(17-7)18-8-3-9-4-16-6-20(9)5-8/h2,4,6,8H,3,5H2,1H3,(H,17,18,19). The largest absolute Gasteiger partial charge is 0.433 e. The lowest BCUT2D eigenvalue weighted by Gasteiger charge is -2.14. The Labute approximate surface area is 112 Å². The maximum Gasteiger partial charge on any atom is 0.433 e. The van der Waals surface area contributed by atoms with Gasteiger partial charge in [0.1, 0.15) is 5.69 Å². The van der Waals surface area contributed by atoms with Crippen molar-refractivity contribution >= 4 is 5.95 Å². The van der Waals surface area contributed by atoms with Crippen molar-refractivity contribution in [3.63, 3.8) is 0 Å². The van der Waals surface area contributed by atoms with Crippen LogP contribution in [0.1, 0.15) is 17.1 Å². The van der Waals surface area contributed by atoms with Gasteiger partial charge in [-0.2, -0.15) is 13.2 Å². The third kappa shape index (κ3) is 2.45. The first-order valence-corrected chi connectivity index (χ1v) is 6.10. The summed E-state index contributed by atoms with van der Waals surface area (Å²) in [7, 11) is 0. The van der Waals surface area contributed by atoms with Crippen LogP contribution < -0.4 is 5.32 Å². The van der Waals surface area contributed by atoms with Crippen LogP contribution in [0.25, 0.3) is 0 Å². The highest BCUT2D eigenvalue weighted by Crippen LogP contribution is 2.28. The third-order valence-electron chi connectivity index (χ3n) is 3.15. The number of rotatable bonds is 2. The van der Waals surface area contributed by atoms with Crippen LogP contribution in [-0.4, -0.2) is 25.6 Å². The Balaban J connectivity index is 1.78. The van der Waals surface area contributed by atoms with Crippen molar-refractivity contribution in [2.75, 3.05) is 5.32 Å². The van der Waals surface area contributed by atoms with Crippen molar-refractivity contribution in [1.82, 2.24) is 19.5 Å². The Bertz CT molecular complexity index is 614. The lowest BCUT2D eigenvalue weighted by atomic mass is 10.2. The molecule has 0 saturated carbocycles. The lowest BCUT2D eigenvalue weighted by molar-refractivity contribution is -0.141. The van der Waals surface area contributed by atoms with Gasteiger partial charge in [0.05, 0.1) is 12.4 Å². The number of nitrogens with one attached hydrogen (secondary N) is 1. The number of alkyl halides is 3. The fourth-order valence-electron chi connectivity index (χ4n) is 2.29. The van der Waals surface area contributed by atoms with Gasteiger partial charge in [-0.25, -0.2) is 15.0 Å². The van der Waals surface area contributed by atoms with E-state index in [1.807, 2.05) is 4.57 Å². The van der Waals surface area contributed by atoms with E-state index >= 15 is 0 Å². The highest BCUT2D eigenvalue weighted by atomic mass is 19.4. The Hall–Kier alpha value is -2.12. The van der Waals surface area contributed by atoms with Crippen LogP contribution in [0.4, 0.5) is 19.1 Å². The Morgan fingerprint density at radius 1 is 1.35 bits per heavy atom. The van der Waals surface area contributed by atoms with Crippen LogP contribution in [0.5, 0.6) is 0 Å². The topological polar surface area (TPSA) is 55.6 Å². The average Bonchev–Trinajstić information content (AvgIpc) is 2.87. The molecule has 1 N–H and O–H groups in total. The summed E-state index contributed by atoms with van der Waals surface area (Å²) in [5.74, 6) is 0.0148. The summed E-state index contributed by atoms with van der Waals surface area (Å²) in [5, 5.41) is 2.96. The number of fused-ring (bicyclic) bond motifs is 1. The molecule has 8 heteroatoms. The fraction of sp³-hybridized carbons (Fsp3) is 0.417. The van der Waals surface area contributed by atoms with Gasteiger partial charge in [-0.15, -0.1) is 0 Å². The van der Waals surface area contributed by atoms with Crippen molar-refractivity contribution in [2.24, 2.45) is 0 Å². The zero-order chi connectivity index (χ0) is 14.3. The zero-order valence-corrected chi connectivity index (χ0v) is 10.6. The molecule has 1 atom stereocenters. The van der Waals surface area contributed by atoms with E-state index in [1.165, 1.54) is 6.92 Å². The molecular formula is C12H12F3N5. The molecule has 0 aliphatic carbocycles. The molecule has 1 aliphatic rings. The molecule has 0 bridgehead atoms. The second kappa shape index (κ2) is 4.46. The first-order chi connectivity index (χ1) is 9.41. The number of anilines is 1. The van der Waals surface area contributed by atoms with E-state index in [1.54, 1.807) is 12.5 Å². The van der Waals surface area contributed by atoms with Crippen LogP contribution in [0.15, 0.2) is 18.6 Å². The minimum atomic E-state index is -4.46. The smallest absolute Gasteiger partial charge is 0.349 e. The van der Waals surface area contributed by atoms with Gasteiger partial charge in [0, 0.05) is 30.6 Å². The van der Waals surface area contributed by atoms with Crippen LogP contribution in [0.2, 0.25) is 0 Å². The van der Waals surface area contributed by atoms with Gasteiger partial charge in [0.25, 0.3) is 0 Å². The summed E-state index contributed by atoms with van der Waals surface area (Å²) in [4.78, 5) is 11.6. The molecule has 0 saturated heterocycles. The van der Waals surface area contributed by atoms with Gasteiger partial charge < -0.3 is 9.88 Å². The van der Waals surface area contributed by atoms with Gasteiger partial charge in [0.2, 0.25) is 5.95 Å². The van der Waals surface area contributed by atoms with Crippen molar-refractivity contribution in [3.05, 3.63) is 35.7 Å².